The lowest BCUT2D eigenvalue weighted by atomic mass is 9.87. The molecule has 1 heterocycles. The molecule has 224 valence electrons. The maximum Gasteiger partial charge on any atom is 0.313 e. The van der Waals surface area contributed by atoms with Crippen LogP contribution in [-0.4, -0.2) is 40.6 Å². The number of ether oxygens (including phenoxy) is 3. The molecule has 0 aliphatic heterocycles. The molecule has 0 radical (unpaired) electrons. The van der Waals surface area contributed by atoms with Gasteiger partial charge < -0.3 is 23.1 Å². The average molecular weight is 582 g/mol. The average Bonchev–Trinajstić information content (AvgIpc) is 3.37. The SMILES string of the molecule is COC(=O)Cc1cnc(CC(CCCc2ccccc2)C(O[Si](C)(C)C(C)(C)C)c2cc(OC)c(C)c(OC)c2)o1. The van der Waals surface area contributed by atoms with E-state index in [1.54, 1.807) is 20.4 Å². The Hall–Kier alpha value is -3.10. The van der Waals surface area contributed by atoms with Gasteiger partial charge in [0.25, 0.3) is 0 Å². The van der Waals surface area contributed by atoms with Crippen molar-refractivity contribution in [1.29, 1.82) is 0 Å². The fourth-order valence-electron chi connectivity index (χ4n) is 4.74. The molecule has 0 aliphatic rings. The van der Waals surface area contributed by atoms with Crippen molar-refractivity contribution < 1.29 is 27.8 Å². The van der Waals surface area contributed by atoms with Gasteiger partial charge in [0, 0.05) is 12.0 Å². The van der Waals surface area contributed by atoms with Gasteiger partial charge in [0.15, 0.2) is 14.2 Å². The molecule has 8 heteroatoms. The third-order valence-electron chi connectivity index (χ3n) is 8.23. The molecule has 3 aromatic rings. The zero-order valence-electron chi connectivity index (χ0n) is 26.2. The van der Waals surface area contributed by atoms with Crippen LogP contribution in [0.15, 0.2) is 53.1 Å². The van der Waals surface area contributed by atoms with E-state index < -0.39 is 8.32 Å². The maximum absolute atomic E-state index is 11.8. The summed E-state index contributed by atoms with van der Waals surface area (Å²) >= 11 is 0. The number of benzene rings is 2. The molecular weight excluding hydrogens is 534 g/mol. The number of hydrogen-bond donors (Lipinski definition) is 0. The minimum atomic E-state index is -2.22. The number of carbonyl (C=O) groups is 1. The molecule has 0 amide bonds. The second-order valence-corrected chi connectivity index (χ2v) is 16.9. The van der Waals surface area contributed by atoms with E-state index in [1.165, 1.54) is 12.7 Å². The van der Waals surface area contributed by atoms with Gasteiger partial charge in [0.2, 0.25) is 0 Å². The summed E-state index contributed by atoms with van der Waals surface area (Å²) in [6.07, 6.45) is 4.82. The van der Waals surface area contributed by atoms with Gasteiger partial charge in [-0.15, -0.1) is 0 Å². The Labute approximate surface area is 246 Å². The number of esters is 1. The van der Waals surface area contributed by atoms with Crippen molar-refractivity contribution in [1.82, 2.24) is 4.98 Å². The van der Waals surface area contributed by atoms with E-state index in [4.69, 9.17) is 23.1 Å². The standard InChI is InChI=1S/C33H47NO6Si/c1-23-28(36-5)18-26(19-29(23)37-6)32(40-41(8,9)33(2,3)4)25(17-13-16-24-14-11-10-12-15-24)20-30-34-22-27(39-30)21-31(35)38-7/h10-12,14-15,18-19,22,25,32H,13,16-17,20-21H2,1-9H3. The fraction of sp³-hybridized carbons (Fsp3) is 0.515. The van der Waals surface area contributed by atoms with Crippen LogP contribution in [0.2, 0.25) is 18.1 Å². The van der Waals surface area contributed by atoms with Gasteiger partial charge in [-0.1, -0.05) is 51.1 Å². The number of methoxy groups -OCH3 is 3. The van der Waals surface area contributed by atoms with Crippen molar-refractivity contribution in [2.24, 2.45) is 5.92 Å². The molecule has 0 N–H and O–H groups in total. The topological polar surface area (TPSA) is 80.0 Å². The molecule has 3 rings (SSSR count). The molecule has 0 saturated heterocycles. The van der Waals surface area contributed by atoms with Crippen LogP contribution in [0.4, 0.5) is 0 Å². The molecule has 0 aliphatic carbocycles. The van der Waals surface area contributed by atoms with E-state index in [9.17, 15) is 4.79 Å². The molecule has 1 aromatic heterocycles. The Kier molecular flexibility index (Phi) is 11.2. The first-order valence-electron chi connectivity index (χ1n) is 14.3. The van der Waals surface area contributed by atoms with E-state index in [0.717, 1.165) is 41.9 Å². The van der Waals surface area contributed by atoms with Gasteiger partial charge in [-0.05, 0) is 73.5 Å². The van der Waals surface area contributed by atoms with Crippen LogP contribution >= 0.6 is 0 Å². The van der Waals surface area contributed by atoms with Crippen molar-refractivity contribution >= 4 is 14.3 Å². The summed E-state index contributed by atoms with van der Waals surface area (Å²) in [7, 11) is 2.52. The second kappa shape index (κ2) is 14.2. The smallest absolute Gasteiger partial charge is 0.313 e. The summed E-state index contributed by atoms with van der Waals surface area (Å²) in [6.45, 7) is 13.3. The summed E-state index contributed by atoms with van der Waals surface area (Å²) in [5.74, 6) is 2.31. The van der Waals surface area contributed by atoms with E-state index >= 15 is 0 Å². The Balaban J connectivity index is 2.05. The first kappa shape index (κ1) is 32.4. The van der Waals surface area contributed by atoms with E-state index in [0.29, 0.717) is 18.1 Å². The summed E-state index contributed by atoms with van der Waals surface area (Å²) in [6, 6.07) is 14.7. The van der Waals surface area contributed by atoms with E-state index in [1.807, 2.05) is 13.0 Å². The van der Waals surface area contributed by atoms with Gasteiger partial charge >= 0.3 is 5.97 Å². The molecule has 0 spiro atoms. The van der Waals surface area contributed by atoms with Crippen LogP contribution in [0, 0.1) is 12.8 Å². The van der Waals surface area contributed by atoms with Crippen molar-refractivity contribution in [3.8, 4) is 11.5 Å². The molecule has 2 atom stereocenters. The molecule has 2 unspecified atom stereocenters. The van der Waals surface area contributed by atoms with Crippen molar-refractivity contribution in [3.63, 3.8) is 0 Å². The minimum absolute atomic E-state index is 0.00925. The highest BCUT2D eigenvalue weighted by atomic mass is 28.4. The molecule has 0 bridgehead atoms. The van der Waals surface area contributed by atoms with Gasteiger partial charge in [0.1, 0.15) is 23.7 Å². The van der Waals surface area contributed by atoms with Crippen LogP contribution < -0.4 is 9.47 Å². The molecule has 0 fully saturated rings. The lowest BCUT2D eigenvalue weighted by molar-refractivity contribution is -0.140. The zero-order chi connectivity index (χ0) is 30.2. The van der Waals surface area contributed by atoms with Crippen LogP contribution in [0.25, 0.3) is 0 Å². The number of rotatable bonds is 14. The third kappa shape index (κ3) is 8.69. The largest absolute Gasteiger partial charge is 0.496 e. The van der Waals surface area contributed by atoms with Crippen molar-refractivity contribution in [2.75, 3.05) is 21.3 Å². The lowest BCUT2D eigenvalue weighted by Crippen LogP contribution is -2.43. The van der Waals surface area contributed by atoms with Crippen molar-refractivity contribution in [2.45, 2.75) is 84.0 Å². The Morgan fingerprint density at radius 1 is 1.02 bits per heavy atom. The monoisotopic (exact) mass is 581 g/mol. The number of hydrogen-bond acceptors (Lipinski definition) is 7. The molecular formula is C33H47NO6Si. The zero-order valence-corrected chi connectivity index (χ0v) is 27.2. The number of carbonyl (C=O) groups excluding carboxylic acids is 1. The molecule has 2 aromatic carbocycles. The van der Waals surface area contributed by atoms with E-state index in [-0.39, 0.29) is 29.5 Å². The van der Waals surface area contributed by atoms with Gasteiger partial charge in [-0.3, -0.25) is 4.79 Å². The predicted octanol–water partition coefficient (Wildman–Crippen LogP) is 7.66. The summed E-state index contributed by atoms with van der Waals surface area (Å²) in [4.78, 5) is 16.4. The number of aryl methyl sites for hydroxylation is 1. The highest BCUT2D eigenvalue weighted by Gasteiger charge is 2.41. The highest BCUT2D eigenvalue weighted by Crippen LogP contribution is 2.45. The van der Waals surface area contributed by atoms with Gasteiger partial charge in [0.05, 0.1) is 33.6 Å². The number of aromatic nitrogens is 1. The van der Waals surface area contributed by atoms with Crippen LogP contribution in [0.3, 0.4) is 0 Å². The molecule has 41 heavy (non-hydrogen) atoms. The van der Waals surface area contributed by atoms with Gasteiger partial charge in [-0.25, -0.2) is 4.98 Å². The second-order valence-electron chi connectivity index (χ2n) is 12.2. The quantitative estimate of drug-likeness (QED) is 0.143. The molecule has 0 saturated carbocycles. The maximum atomic E-state index is 11.8. The first-order chi connectivity index (χ1) is 19.4. The Bertz CT molecular complexity index is 1240. The fourth-order valence-corrected chi connectivity index (χ4v) is 6.05. The molecule has 7 nitrogen and oxygen atoms in total. The Morgan fingerprint density at radius 3 is 2.22 bits per heavy atom. The highest BCUT2D eigenvalue weighted by molar-refractivity contribution is 6.74. The Morgan fingerprint density at radius 2 is 1.66 bits per heavy atom. The van der Waals surface area contributed by atoms with Gasteiger partial charge in [-0.2, -0.15) is 0 Å². The summed E-state index contributed by atoms with van der Waals surface area (Å²) < 4.78 is 29.6. The van der Waals surface area contributed by atoms with Crippen LogP contribution in [0.1, 0.15) is 68.1 Å². The summed E-state index contributed by atoms with van der Waals surface area (Å²) in [5, 5.41) is 0.00925. The normalized spacial score (nSPS) is 13.5. The van der Waals surface area contributed by atoms with Crippen LogP contribution in [-0.2, 0) is 33.2 Å². The minimum Gasteiger partial charge on any atom is -0.496 e. The first-order valence-corrected chi connectivity index (χ1v) is 17.2. The number of oxazole rings is 1. The lowest BCUT2D eigenvalue weighted by Gasteiger charge is -2.42. The number of nitrogens with zero attached hydrogens (tertiary/aromatic N) is 1. The third-order valence-corrected chi connectivity index (χ3v) is 12.7. The van der Waals surface area contributed by atoms with E-state index in [2.05, 4.69) is 75.2 Å². The van der Waals surface area contributed by atoms with Crippen LogP contribution in [0.5, 0.6) is 11.5 Å². The van der Waals surface area contributed by atoms with Crippen molar-refractivity contribution in [3.05, 3.63) is 77.0 Å². The predicted molar refractivity (Wildman–Crippen MR) is 164 cm³/mol. The summed E-state index contributed by atoms with van der Waals surface area (Å²) in [5.41, 5.74) is 3.27.